The number of fused-ring (bicyclic) bond motifs is 1. The molecule has 0 unspecified atom stereocenters. The first-order valence-corrected chi connectivity index (χ1v) is 15.8. The number of morpholine rings is 1. The number of carbonyl (C=O) groups is 1. The molecule has 0 amide bonds. The van der Waals surface area contributed by atoms with Crippen molar-refractivity contribution in [1.29, 1.82) is 0 Å². The zero-order chi connectivity index (χ0) is 28.1. The first-order valence-electron chi connectivity index (χ1n) is 12.9. The summed E-state index contributed by atoms with van der Waals surface area (Å²) in [5, 5.41) is 3.91. The van der Waals surface area contributed by atoms with Gasteiger partial charge in [0.25, 0.3) is 5.56 Å². The number of aromatic nitrogens is 2. The van der Waals surface area contributed by atoms with Gasteiger partial charge in [-0.25, -0.2) is 13.4 Å². The minimum absolute atomic E-state index is 0.0360. The predicted molar refractivity (Wildman–Crippen MR) is 158 cm³/mol. The zero-order valence-electron chi connectivity index (χ0n) is 21.7. The van der Waals surface area contributed by atoms with Crippen molar-refractivity contribution in [3.05, 3.63) is 81.2 Å². The Morgan fingerprint density at radius 1 is 1.07 bits per heavy atom. The minimum Gasteiger partial charge on any atom is -0.385 e. The zero-order valence-corrected chi connectivity index (χ0v) is 24.1. The van der Waals surface area contributed by atoms with Crippen LogP contribution in [0.5, 0.6) is 0 Å². The molecule has 1 fully saturated rings. The van der Waals surface area contributed by atoms with Gasteiger partial charge in [-0.2, -0.15) is 0 Å². The molecule has 1 aliphatic heterocycles. The average Bonchev–Trinajstić information content (AvgIpc) is 3.39. The Hall–Kier alpha value is -3.09. The molecule has 0 atom stereocenters. The second-order valence-electron chi connectivity index (χ2n) is 9.59. The molecular weight excluding hydrogens is 572 g/mol. The molecule has 1 N–H and O–H groups in total. The lowest BCUT2D eigenvalue weighted by molar-refractivity contribution is -0.116. The van der Waals surface area contributed by atoms with Gasteiger partial charge in [0, 0.05) is 31.7 Å². The van der Waals surface area contributed by atoms with Crippen molar-refractivity contribution in [2.75, 3.05) is 50.5 Å². The molecular formula is C28H29ClN4O5S2. The van der Waals surface area contributed by atoms with Gasteiger partial charge in [-0.3, -0.25) is 19.1 Å². The molecule has 0 bridgehead atoms. The lowest BCUT2D eigenvalue weighted by Crippen LogP contribution is -2.37. The number of ketones is 1. The standard InChI is InChI=1S/C28H29ClN4O5S2/c29-26-8-9-27(39-26)40(36,37)18-23(34)16-20-2-5-22(6-3-20)33-19-31-25-17-21(4-7-24(25)28(33)35)30-10-1-11-32-12-14-38-15-13-32/h2-9,17,19,30H,1,10-16,18H2. The number of sulfone groups is 1. The highest BCUT2D eigenvalue weighted by Crippen LogP contribution is 2.26. The van der Waals surface area contributed by atoms with E-state index < -0.39 is 21.4 Å². The van der Waals surface area contributed by atoms with Crippen LogP contribution in [0.15, 0.2) is 69.9 Å². The van der Waals surface area contributed by atoms with E-state index in [0.717, 1.165) is 62.8 Å². The summed E-state index contributed by atoms with van der Waals surface area (Å²) in [4.78, 5) is 32.5. The molecule has 0 saturated carbocycles. The maximum absolute atomic E-state index is 13.2. The van der Waals surface area contributed by atoms with Gasteiger partial charge >= 0.3 is 0 Å². The van der Waals surface area contributed by atoms with Gasteiger partial charge in [0.15, 0.2) is 15.6 Å². The molecule has 2 aromatic carbocycles. The van der Waals surface area contributed by atoms with Crippen molar-refractivity contribution in [3.8, 4) is 5.69 Å². The van der Waals surface area contributed by atoms with Gasteiger partial charge in [-0.15, -0.1) is 11.3 Å². The number of hydrogen-bond donors (Lipinski definition) is 1. The van der Waals surface area contributed by atoms with Gasteiger partial charge in [0.05, 0.1) is 34.1 Å². The van der Waals surface area contributed by atoms with Crippen LogP contribution in [0.4, 0.5) is 5.69 Å². The van der Waals surface area contributed by atoms with E-state index in [0.29, 0.717) is 26.5 Å². The second-order valence-corrected chi connectivity index (χ2v) is 13.5. The molecule has 210 valence electrons. The minimum atomic E-state index is -3.73. The summed E-state index contributed by atoms with van der Waals surface area (Å²) in [6, 6.07) is 15.3. The molecule has 12 heteroatoms. The van der Waals surface area contributed by atoms with E-state index in [1.165, 1.54) is 23.0 Å². The van der Waals surface area contributed by atoms with E-state index >= 15 is 0 Å². The molecule has 4 aromatic rings. The Balaban J connectivity index is 1.20. The summed E-state index contributed by atoms with van der Waals surface area (Å²) >= 11 is 6.76. The molecule has 0 spiro atoms. The van der Waals surface area contributed by atoms with E-state index in [2.05, 4.69) is 15.2 Å². The van der Waals surface area contributed by atoms with Crippen LogP contribution in [0.2, 0.25) is 4.34 Å². The molecule has 40 heavy (non-hydrogen) atoms. The number of ether oxygens (including phenoxy) is 1. The lowest BCUT2D eigenvalue weighted by Gasteiger charge is -2.26. The Labute approximate surface area is 241 Å². The van der Waals surface area contributed by atoms with Gasteiger partial charge in [-0.05, 0) is 61.0 Å². The number of nitrogens with zero attached hydrogens (tertiary/aromatic N) is 3. The van der Waals surface area contributed by atoms with Crippen LogP contribution in [0.3, 0.4) is 0 Å². The lowest BCUT2D eigenvalue weighted by atomic mass is 10.1. The number of Topliss-reactive ketones (excluding diaryl/α,β-unsaturated/α-hetero) is 1. The van der Waals surface area contributed by atoms with Gasteiger partial charge < -0.3 is 10.1 Å². The topological polar surface area (TPSA) is 111 Å². The molecule has 9 nitrogen and oxygen atoms in total. The van der Waals surface area contributed by atoms with Crippen LogP contribution in [0, 0.1) is 0 Å². The first-order chi connectivity index (χ1) is 19.3. The molecule has 0 radical (unpaired) electrons. The van der Waals surface area contributed by atoms with Crippen LogP contribution in [-0.4, -0.2) is 73.8 Å². The van der Waals surface area contributed by atoms with E-state index in [1.54, 1.807) is 30.3 Å². The normalized spacial score (nSPS) is 14.4. The van der Waals surface area contributed by atoms with Crippen molar-refractivity contribution in [2.24, 2.45) is 0 Å². The molecule has 5 rings (SSSR count). The average molecular weight is 601 g/mol. The van der Waals surface area contributed by atoms with Crippen LogP contribution in [0.25, 0.3) is 16.6 Å². The van der Waals surface area contributed by atoms with Gasteiger partial charge in [0.2, 0.25) is 0 Å². The maximum Gasteiger partial charge on any atom is 0.265 e. The highest BCUT2D eigenvalue weighted by molar-refractivity contribution is 7.94. The number of anilines is 1. The van der Waals surface area contributed by atoms with E-state index in [-0.39, 0.29) is 16.2 Å². The van der Waals surface area contributed by atoms with Crippen LogP contribution >= 0.6 is 22.9 Å². The van der Waals surface area contributed by atoms with Crippen molar-refractivity contribution >= 4 is 55.1 Å². The quantitative estimate of drug-likeness (QED) is 0.259. The van der Waals surface area contributed by atoms with Gasteiger partial charge in [0.1, 0.15) is 16.3 Å². The summed E-state index contributed by atoms with van der Waals surface area (Å²) in [5.74, 6) is -1.02. The van der Waals surface area contributed by atoms with Crippen molar-refractivity contribution in [2.45, 2.75) is 17.1 Å². The number of rotatable bonds is 11. The summed E-state index contributed by atoms with van der Waals surface area (Å²) in [7, 11) is -3.73. The molecule has 1 saturated heterocycles. The monoisotopic (exact) mass is 600 g/mol. The Morgan fingerprint density at radius 3 is 2.58 bits per heavy atom. The number of nitrogens with one attached hydrogen (secondary N) is 1. The van der Waals surface area contributed by atoms with Crippen molar-refractivity contribution in [1.82, 2.24) is 14.5 Å². The highest BCUT2D eigenvalue weighted by atomic mass is 35.5. The number of hydrogen-bond acceptors (Lipinski definition) is 9. The fraction of sp³-hybridized carbons (Fsp3) is 0.321. The number of halogens is 1. The third kappa shape index (κ3) is 6.97. The summed E-state index contributed by atoms with van der Waals surface area (Å²) < 4.78 is 32.2. The fourth-order valence-electron chi connectivity index (χ4n) is 4.58. The summed E-state index contributed by atoms with van der Waals surface area (Å²) in [5.41, 5.74) is 2.57. The molecule has 2 aromatic heterocycles. The smallest absolute Gasteiger partial charge is 0.265 e. The number of benzene rings is 2. The largest absolute Gasteiger partial charge is 0.385 e. The number of carbonyl (C=O) groups excluding carboxylic acids is 1. The third-order valence-electron chi connectivity index (χ3n) is 6.67. The Bertz CT molecular complexity index is 1660. The van der Waals surface area contributed by atoms with E-state index in [1.807, 2.05) is 12.1 Å². The van der Waals surface area contributed by atoms with Crippen LogP contribution in [0.1, 0.15) is 12.0 Å². The first kappa shape index (κ1) is 28.4. The third-order valence-corrected chi connectivity index (χ3v) is 10.2. The SMILES string of the molecule is O=C(Cc1ccc(-n2cnc3cc(NCCCN4CCOCC4)ccc3c2=O)cc1)CS(=O)(=O)c1ccc(Cl)s1. The Morgan fingerprint density at radius 2 is 1.85 bits per heavy atom. The molecule has 1 aliphatic rings. The van der Waals surface area contributed by atoms with Crippen molar-refractivity contribution in [3.63, 3.8) is 0 Å². The fourth-order valence-corrected chi connectivity index (χ4v) is 7.39. The van der Waals surface area contributed by atoms with Crippen LogP contribution < -0.4 is 10.9 Å². The van der Waals surface area contributed by atoms with Crippen molar-refractivity contribution < 1.29 is 17.9 Å². The summed E-state index contributed by atoms with van der Waals surface area (Å²) in [6.45, 7) is 5.38. The number of thiophene rings is 1. The van der Waals surface area contributed by atoms with E-state index in [4.69, 9.17) is 16.3 Å². The summed E-state index contributed by atoms with van der Waals surface area (Å²) in [6.07, 6.45) is 2.46. The highest BCUT2D eigenvalue weighted by Gasteiger charge is 2.21. The Kier molecular flexibility index (Phi) is 8.97. The van der Waals surface area contributed by atoms with Gasteiger partial charge in [-0.1, -0.05) is 23.7 Å². The van der Waals surface area contributed by atoms with Crippen LogP contribution in [-0.2, 0) is 25.8 Å². The maximum atomic E-state index is 13.2. The molecule has 0 aliphatic carbocycles. The van der Waals surface area contributed by atoms with E-state index in [9.17, 15) is 18.0 Å². The molecule has 3 heterocycles. The predicted octanol–water partition coefficient (Wildman–Crippen LogP) is 3.82. The second kappa shape index (κ2) is 12.6.